The van der Waals surface area contributed by atoms with Crippen LogP contribution in [0.1, 0.15) is 36.8 Å². The molecule has 1 nitrogen and oxygen atoms in total. The fourth-order valence-electron chi connectivity index (χ4n) is 5.00. The van der Waals surface area contributed by atoms with Crippen LogP contribution in [0.25, 0.3) is 11.3 Å². The van der Waals surface area contributed by atoms with Crippen molar-refractivity contribution in [1.29, 1.82) is 0 Å². The Labute approximate surface area is 141 Å². The van der Waals surface area contributed by atoms with Crippen LogP contribution in [-0.2, 0) is 13.5 Å². The topological polar surface area (TPSA) is 3.88 Å². The van der Waals surface area contributed by atoms with Crippen molar-refractivity contribution in [2.75, 3.05) is 0 Å². The van der Waals surface area contributed by atoms with E-state index in [2.05, 4.69) is 55.1 Å². The second-order valence-corrected chi connectivity index (χ2v) is 12.3. The van der Waals surface area contributed by atoms with Gasteiger partial charge in [0.25, 0.3) is 0 Å². The first-order valence-electron chi connectivity index (χ1n) is 9.29. The number of nitrogens with zero attached hydrogens (tertiary/aromatic N) is 1. The highest BCUT2D eigenvalue weighted by Crippen LogP contribution is 2.36. The lowest BCUT2D eigenvalue weighted by Gasteiger charge is -2.39. The van der Waals surface area contributed by atoms with Gasteiger partial charge in [0.05, 0.1) is 8.07 Å². The van der Waals surface area contributed by atoms with Gasteiger partial charge in [-0.15, -0.1) is 0 Å². The van der Waals surface area contributed by atoms with Crippen LogP contribution in [0, 0.1) is 6.92 Å². The van der Waals surface area contributed by atoms with E-state index in [0.29, 0.717) is 0 Å². The predicted octanol–water partition coefficient (Wildman–Crippen LogP) is 4.27. The van der Waals surface area contributed by atoms with Crippen molar-refractivity contribution in [1.82, 2.24) is 0 Å². The largest absolute Gasteiger partial charge is 0.212 e. The Hall–Kier alpha value is -1.41. The van der Waals surface area contributed by atoms with Gasteiger partial charge in [-0.3, -0.25) is 0 Å². The predicted molar refractivity (Wildman–Crippen MR) is 99.8 cm³/mol. The summed E-state index contributed by atoms with van der Waals surface area (Å²) in [4.78, 5) is 0. The number of benzene rings is 1. The van der Waals surface area contributed by atoms with Crippen molar-refractivity contribution in [3.05, 3.63) is 47.7 Å². The number of hydrogen-bond donors (Lipinski definition) is 0. The molecule has 0 saturated carbocycles. The fraction of sp³-hybridized carbons (Fsp3) is 0.476. The molecule has 1 fully saturated rings. The van der Waals surface area contributed by atoms with E-state index in [1.165, 1.54) is 48.9 Å². The van der Waals surface area contributed by atoms with Crippen molar-refractivity contribution < 1.29 is 4.57 Å². The molecule has 0 unspecified atom stereocenters. The van der Waals surface area contributed by atoms with E-state index in [9.17, 15) is 0 Å². The summed E-state index contributed by atoms with van der Waals surface area (Å²) in [5.41, 5.74) is 5.84. The van der Waals surface area contributed by atoms with Crippen LogP contribution < -0.4 is 9.75 Å². The number of aromatic nitrogens is 1. The third kappa shape index (κ3) is 2.57. The molecule has 4 rings (SSSR count). The van der Waals surface area contributed by atoms with Gasteiger partial charge in [0, 0.05) is 16.8 Å². The summed E-state index contributed by atoms with van der Waals surface area (Å²) in [7, 11) is 1.07. The van der Waals surface area contributed by atoms with E-state index in [1.807, 2.05) is 5.19 Å². The fourth-order valence-corrected chi connectivity index (χ4v) is 10.6. The van der Waals surface area contributed by atoms with Crippen molar-refractivity contribution in [3.63, 3.8) is 0 Å². The van der Waals surface area contributed by atoms with Crippen molar-refractivity contribution in [3.8, 4) is 11.3 Å². The number of fused-ring (bicyclic) bond motifs is 2. The van der Waals surface area contributed by atoms with Crippen molar-refractivity contribution in [2.24, 2.45) is 7.05 Å². The molecule has 1 saturated heterocycles. The number of hydrogen-bond acceptors (Lipinski definition) is 0. The molecule has 0 atom stereocenters. The highest BCUT2D eigenvalue weighted by Gasteiger charge is 2.41. The SMILES string of the molecule is Cc1ccccc1-c1cc2c(c[n+]1C)[Si]1(CCCCC1)CCC2. The summed E-state index contributed by atoms with van der Waals surface area (Å²) in [6.45, 7) is 2.23. The molecule has 1 spiro atoms. The summed E-state index contributed by atoms with van der Waals surface area (Å²) in [5, 5.41) is 1.81. The molecule has 2 aromatic rings. The first kappa shape index (κ1) is 15.1. The Bertz CT molecular complexity index is 729. The molecule has 1 aromatic carbocycles. The van der Waals surface area contributed by atoms with E-state index in [0.717, 1.165) is 0 Å². The summed E-state index contributed by atoms with van der Waals surface area (Å²) in [6.07, 6.45) is 9.69. The average molecular weight is 323 g/mol. The van der Waals surface area contributed by atoms with Crippen molar-refractivity contribution in [2.45, 2.75) is 57.2 Å². The molecule has 3 heterocycles. The van der Waals surface area contributed by atoms with Crippen LogP contribution in [0.4, 0.5) is 0 Å². The minimum absolute atomic E-state index is 1.18. The molecule has 120 valence electrons. The van der Waals surface area contributed by atoms with Gasteiger partial charge in [0.15, 0.2) is 6.20 Å². The molecule has 2 aliphatic heterocycles. The van der Waals surface area contributed by atoms with Gasteiger partial charge in [-0.25, -0.2) is 4.57 Å². The van der Waals surface area contributed by atoms with Gasteiger partial charge < -0.3 is 0 Å². The Balaban J connectivity index is 1.84. The second kappa shape index (κ2) is 5.90. The van der Waals surface area contributed by atoms with E-state index < -0.39 is 8.07 Å². The molecule has 1 aromatic heterocycles. The van der Waals surface area contributed by atoms with Gasteiger partial charge in [0.1, 0.15) is 7.05 Å². The van der Waals surface area contributed by atoms with Gasteiger partial charge in [-0.05, 0) is 30.5 Å². The maximum Gasteiger partial charge on any atom is 0.212 e. The molecule has 2 heteroatoms. The molecule has 0 amide bonds. The van der Waals surface area contributed by atoms with Gasteiger partial charge in [-0.1, -0.05) is 62.0 Å². The lowest BCUT2D eigenvalue weighted by Crippen LogP contribution is -2.55. The highest BCUT2D eigenvalue weighted by atomic mass is 28.3. The maximum absolute atomic E-state index is 2.54. The summed E-state index contributed by atoms with van der Waals surface area (Å²) < 4.78 is 2.41. The molecule has 2 aliphatic rings. The molecule has 0 aliphatic carbocycles. The number of rotatable bonds is 1. The standard InChI is InChI=1S/C21H28NSi/c1-17-9-4-5-11-19(17)20-15-18-10-8-14-23(12-6-3-7-13-23)21(18)16-22(20)2/h4-5,9,11,15-16H,3,6-8,10,12-14H2,1-2H3/q+1. The van der Waals surface area contributed by atoms with Crippen LogP contribution in [0.3, 0.4) is 0 Å². The Morgan fingerprint density at radius 3 is 2.48 bits per heavy atom. The van der Waals surface area contributed by atoms with Crippen LogP contribution in [0.15, 0.2) is 36.5 Å². The van der Waals surface area contributed by atoms with Crippen LogP contribution >= 0.6 is 0 Å². The van der Waals surface area contributed by atoms with Crippen molar-refractivity contribution >= 4 is 13.3 Å². The number of aryl methyl sites for hydroxylation is 3. The molecular formula is C21H28NSi+. The van der Waals surface area contributed by atoms with Gasteiger partial charge in [0.2, 0.25) is 5.69 Å². The molecular weight excluding hydrogens is 294 g/mol. The first-order valence-corrected chi connectivity index (χ1v) is 11.9. The maximum atomic E-state index is 2.54. The van der Waals surface area contributed by atoms with E-state index in [-0.39, 0.29) is 0 Å². The zero-order valence-electron chi connectivity index (χ0n) is 14.6. The smallest absolute Gasteiger partial charge is 0.201 e. The highest BCUT2D eigenvalue weighted by molar-refractivity contribution is 6.92. The number of pyridine rings is 1. The van der Waals surface area contributed by atoms with Crippen LogP contribution in [0.2, 0.25) is 18.1 Å². The second-order valence-electron chi connectivity index (χ2n) is 7.72. The monoisotopic (exact) mass is 322 g/mol. The Morgan fingerprint density at radius 1 is 0.957 bits per heavy atom. The summed E-state index contributed by atoms with van der Waals surface area (Å²) >= 11 is 0. The first-order chi connectivity index (χ1) is 11.2. The lowest BCUT2D eigenvalue weighted by molar-refractivity contribution is -0.659. The minimum atomic E-state index is -1.18. The molecule has 0 bridgehead atoms. The Kier molecular flexibility index (Phi) is 3.88. The zero-order chi connectivity index (χ0) is 15.9. The quantitative estimate of drug-likeness (QED) is 0.545. The summed E-state index contributed by atoms with van der Waals surface area (Å²) in [6, 6.07) is 16.0. The van der Waals surface area contributed by atoms with E-state index in [4.69, 9.17) is 0 Å². The van der Waals surface area contributed by atoms with E-state index in [1.54, 1.807) is 23.7 Å². The Morgan fingerprint density at radius 2 is 1.70 bits per heavy atom. The summed E-state index contributed by atoms with van der Waals surface area (Å²) in [5.74, 6) is 0. The normalized spacial score (nSPS) is 19.6. The molecule has 0 radical (unpaired) electrons. The lowest BCUT2D eigenvalue weighted by atomic mass is 10.0. The minimum Gasteiger partial charge on any atom is -0.201 e. The van der Waals surface area contributed by atoms with Gasteiger partial charge in [-0.2, -0.15) is 0 Å². The third-order valence-electron chi connectivity index (χ3n) is 6.26. The third-order valence-corrected chi connectivity index (χ3v) is 11.8. The molecule has 23 heavy (non-hydrogen) atoms. The van der Waals surface area contributed by atoms with Gasteiger partial charge >= 0.3 is 0 Å². The van der Waals surface area contributed by atoms with E-state index >= 15 is 0 Å². The average Bonchev–Trinajstić information content (AvgIpc) is 2.57. The van der Waals surface area contributed by atoms with Crippen LogP contribution in [0.5, 0.6) is 0 Å². The zero-order valence-corrected chi connectivity index (χ0v) is 15.6. The van der Waals surface area contributed by atoms with Crippen LogP contribution in [-0.4, -0.2) is 8.07 Å². The molecule has 0 N–H and O–H groups in total.